The number of rotatable bonds is 7. The predicted molar refractivity (Wildman–Crippen MR) is 111 cm³/mol. The molecule has 3 rings (SSSR count). The van der Waals surface area contributed by atoms with Crippen molar-refractivity contribution in [1.29, 1.82) is 0 Å². The van der Waals surface area contributed by atoms with Gasteiger partial charge in [-0.25, -0.2) is 4.98 Å². The molecule has 156 valence electrons. The minimum atomic E-state index is -0.239. The van der Waals surface area contributed by atoms with Gasteiger partial charge in [0.25, 0.3) is 5.56 Å². The molecule has 0 unspecified atom stereocenters. The number of piperidine rings is 1. The Labute approximate surface area is 169 Å². The van der Waals surface area contributed by atoms with E-state index >= 15 is 0 Å². The van der Waals surface area contributed by atoms with Crippen LogP contribution in [0.25, 0.3) is 5.65 Å². The van der Waals surface area contributed by atoms with E-state index in [9.17, 15) is 14.4 Å². The first kappa shape index (κ1) is 20.8. The first-order valence-corrected chi connectivity index (χ1v) is 9.86. The van der Waals surface area contributed by atoms with Crippen LogP contribution in [0, 0.1) is 5.92 Å². The largest absolute Gasteiger partial charge is 0.370 e. The first-order chi connectivity index (χ1) is 14.0. The van der Waals surface area contributed by atoms with Gasteiger partial charge in [0.05, 0.1) is 12.7 Å². The number of hydrogen-bond donors (Lipinski definition) is 2. The molecule has 1 aliphatic rings. The molecule has 2 amide bonds. The van der Waals surface area contributed by atoms with Crippen molar-refractivity contribution in [3.05, 3.63) is 40.9 Å². The van der Waals surface area contributed by atoms with Crippen molar-refractivity contribution >= 4 is 23.1 Å². The molecule has 29 heavy (non-hydrogen) atoms. The maximum Gasteiger partial charge on any atom is 0.281 e. The topological polar surface area (TPSA) is 99.1 Å². The molecule has 1 aliphatic heterocycles. The number of carbonyl (C=O) groups is 2. The molecule has 0 aliphatic carbocycles. The summed E-state index contributed by atoms with van der Waals surface area (Å²) in [7, 11) is 3.93. The average molecular weight is 400 g/mol. The van der Waals surface area contributed by atoms with Gasteiger partial charge in [-0.1, -0.05) is 6.07 Å². The van der Waals surface area contributed by atoms with E-state index in [1.165, 1.54) is 10.6 Å². The summed E-state index contributed by atoms with van der Waals surface area (Å²) in [5.74, 6) is -0.0788. The number of carbonyl (C=O) groups excluding carboxylic acids is 2. The SMILES string of the molecule is CN(C)CCNC(=O)C1CCN(C(=O)CNc2cnc3ccccn3c2=O)CC1. The minimum Gasteiger partial charge on any atom is -0.370 e. The van der Waals surface area contributed by atoms with Gasteiger partial charge in [0, 0.05) is 38.3 Å². The van der Waals surface area contributed by atoms with Gasteiger partial charge in [0.1, 0.15) is 11.3 Å². The van der Waals surface area contributed by atoms with Gasteiger partial charge < -0.3 is 20.4 Å². The van der Waals surface area contributed by atoms with Crippen molar-refractivity contribution in [3.63, 3.8) is 0 Å². The van der Waals surface area contributed by atoms with Crippen LogP contribution in [0.15, 0.2) is 35.4 Å². The number of nitrogens with zero attached hydrogens (tertiary/aromatic N) is 4. The fraction of sp³-hybridized carbons (Fsp3) is 0.500. The van der Waals surface area contributed by atoms with Gasteiger partial charge in [-0.2, -0.15) is 0 Å². The highest BCUT2D eigenvalue weighted by Crippen LogP contribution is 2.17. The van der Waals surface area contributed by atoms with Crippen LogP contribution in [0.2, 0.25) is 0 Å². The standard InChI is InChI=1S/C20H28N6O3/c1-24(2)12-8-21-19(28)15-6-10-25(11-7-15)18(27)14-22-16-13-23-17-5-3-4-9-26(17)20(16)29/h3-5,9,13,15,22H,6-8,10-12,14H2,1-2H3,(H,21,28). The van der Waals surface area contributed by atoms with Crippen LogP contribution in [0.4, 0.5) is 5.69 Å². The molecular formula is C20H28N6O3. The van der Waals surface area contributed by atoms with Gasteiger partial charge in [0.2, 0.25) is 11.8 Å². The van der Waals surface area contributed by atoms with Crippen LogP contribution < -0.4 is 16.2 Å². The number of pyridine rings is 1. The number of fused-ring (bicyclic) bond motifs is 1. The summed E-state index contributed by atoms with van der Waals surface area (Å²) >= 11 is 0. The van der Waals surface area contributed by atoms with Gasteiger partial charge in [-0.05, 0) is 39.1 Å². The quantitative estimate of drug-likeness (QED) is 0.680. The number of hydrogen-bond acceptors (Lipinski definition) is 6. The van der Waals surface area contributed by atoms with E-state index in [1.807, 2.05) is 25.1 Å². The molecule has 2 aromatic rings. The molecule has 0 spiro atoms. The number of nitrogens with one attached hydrogen (secondary N) is 2. The van der Waals surface area contributed by atoms with E-state index < -0.39 is 0 Å². The zero-order valence-corrected chi connectivity index (χ0v) is 16.9. The Hall–Kier alpha value is -2.94. The summed E-state index contributed by atoms with van der Waals surface area (Å²) in [6.07, 6.45) is 4.40. The third-order valence-electron chi connectivity index (χ3n) is 5.12. The summed E-state index contributed by atoms with van der Waals surface area (Å²) < 4.78 is 1.44. The Kier molecular flexibility index (Phi) is 6.82. The number of likely N-dealkylation sites (tertiary alicyclic amines) is 1. The number of likely N-dealkylation sites (N-methyl/N-ethyl adjacent to an activating group) is 1. The van der Waals surface area contributed by atoms with Crippen molar-refractivity contribution < 1.29 is 9.59 Å². The van der Waals surface area contributed by atoms with E-state index in [-0.39, 0.29) is 35.5 Å². The lowest BCUT2D eigenvalue weighted by Gasteiger charge is -2.31. The maximum absolute atomic E-state index is 12.5. The molecule has 0 radical (unpaired) electrons. The third kappa shape index (κ3) is 5.32. The molecule has 9 nitrogen and oxygen atoms in total. The van der Waals surface area contributed by atoms with E-state index in [0.29, 0.717) is 38.1 Å². The van der Waals surface area contributed by atoms with E-state index in [0.717, 1.165) is 6.54 Å². The van der Waals surface area contributed by atoms with Crippen molar-refractivity contribution in [1.82, 2.24) is 24.5 Å². The second kappa shape index (κ2) is 9.51. The monoisotopic (exact) mass is 400 g/mol. The lowest BCUT2D eigenvalue weighted by atomic mass is 9.96. The highest BCUT2D eigenvalue weighted by Gasteiger charge is 2.27. The van der Waals surface area contributed by atoms with Crippen molar-refractivity contribution in [2.24, 2.45) is 5.92 Å². The van der Waals surface area contributed by atoms with E-state index in [2.05, 4.69) is 15.6 Å². The van der Waals surface area contributed by atoms with Crippen molar-refractivity contribution in [3.8, 4) is 0 Å². The van der Waals surface area contributed by atoms with Crippen LogP contribution in [0.1, 0.15) is 12.8 Å². The summed E-state index contributed by atoms with van der Waals surface area (Å²) in [6, 6.07) is 5.31. The zero-order valence-electron chi connectivity index (χ0n) is 16.9. The summed E-state index contributed by atoms with van der Waals surface area (Å²) in [5.41, 5.74) is 0.606. The predicted octanol–water partition coefficient (Wildman–Crippen LogP) is 0.0228. The Morgan fingerprint density at radius 1 is 1.24 bits per heavy atom. The number of amides is 2. The second-order valence-electron chi connectivity index (χ2n) is 7.51. The average Bonchev–Trinajstić information content (AvgIpc) is 2.73. The molecule has 1 saturated heterocycles. The highest BCUT2D eigenvalue weighted by molar-refractivity contribution is 5.82. The Morgan fingerprint density at radius 2 is 2.00 bits per heavy atom. The van der Waals surface area contributed by atoms with Crippen LogP contribution in [0.3, 0.4) is 0 Å². The molecule has 9 heteroatoms. The fourth-order valence-corrected chi connectivity index (χ4v) is 3.37. The second-order valence-corrected chi connectivity index (χ2v) is 7.51. The molecule has 3 heterocycles. The van der Waals surface area contributed by atoms with Crippen LogP contribution in [-0.2, 0) is 9.59 Å². The minimum absolute atomic E-state index is 0.0233. The van der Waals surface area contributed by atoms with E-state index in [4.69, 9.17) is 0 Å². The maximum atomic E-state index is 12.5. The number of anilines is 1. The van der Waals surface area contributed by atoms with Gasteiger partial charge >= 0.3 is 0 Å². The zero-order chi connectivity index (χ0) is 20.8. The van der Waals surface area contributed by atoms with Crippen LogP contribution in [0.5, 0.6) is 0 Å². The Bertz CT molecular complexity index is 918. The highest BCUT2D eigenvalue weighted by atomic mass is 16.2. The Morgan fingerprint density at radius 3 is 2.72 bits per heavy atom. The molecule has 2 N–H and O–H groups in total. The van der Waals surface area contributed by atoms with E-state index in [1.54, 1.807) is 23.2 Å². The fourth-order valence-electron chi connectivity index (χ4n) is 3.37. The normalized spacial score (nSPS) is 14.9. The van der Waals surface area contributed by atoms with Crippen LogP contribution >= 0.6 is 0 Å². The van der Waals surface area contributed by atoms with Gasteiger partial charge in [-0.15, -0.1) is 0 Å². The van der Waals surface area contributed by atoms with Crippen molar-refractivity contribution in [2.75, 3.05) is 52.1 Å². The summed E-state index contributed by atoms with van der Waals surface area (Å²) in [4.78, 5) is 45.2. The molecule has 0 atom stereocenters. The Balaban J connectivity index is 1.47. The molecule has 0 aromatic carbocycles. The molecule has 1 fully saturated rings. The lowest BCUT2D eigenvalue weighted by Crippen LogP contribution is -2.45. The van der Waals surface area contributed by atoms with Crippen LogP contribution in [-0.4, -0.2) is 77.8 Å². The van der Waals surface area contributed by atoms with Gasteiger partial charge in [-0.3, -0.25) is 18.8 Å². The third-order valence-corrected chi connectivity index (χ3v) is 5.12. The molecule has 0 bridgehead atoms. The smallest absolute Gasteiger partial charge is 0.281 e. The summed E-state index contributed by atoms with van der Waals surface area (Å²) in [5, 5.41) is 5.86. The lowest BCUT2D eigenvalue weighted by molar-refractivity contribution is -0.134. The van der Waals surface area contributed by atoms with Gasteiger partial charge in [0.15, 0.2) is 0 Å². The molecule has 0 saturated carbocycles. The van der Waals surface area contributed by atoms with Crippen molar-refractivity contribution in [2.45, 2.75) is 12.8 Å². The molecule has 2 aromatic heterocycles. The summed E-state index contributed by atoms with van der Waals surface area (Å²) in [6.45, 7) is 2.54. The first-order valence-electron chi connectivity index (χ1n) is 9.86. The molecular weight excluding hydrogens is 372 g/mol. The number of aromatic nitrogens is 2.